The van der Waals surface area contributed by atoms with Crippen LogP contribution in [0.1, 0.15) is 30.1 Å². The molecule has 1 N–H and O–H groups in total. The molecule has 34 heavy (non-hydrogen) atoms. The Kier molecular flexibility index (Phi) is 7.45. The molecule has 3 aromatic carbocycles. The molecule has 0 bridgehead atoms. The van der Waals surface area contributed by atoms with E-state index in [-0.39, 0.29) is 24.5 Å². The fraction of sp³-hybridized carbons (Fsp3) is 0.138. The monoisotopic (exact) mass is 450 g/mol. The maximum absolute atomic E-state index is 12.7. The molecule has 0 radical (unpaired) electrons. The standard InChI is InChI=1S/C29H26N2O3/c1-2-34-25-15-13-23(14-16-25)27(32)17-18-29(33)31-28-20-24(21-9-5-3-6-10-21)19-26(30-28)22-11-7-4-8-12-22/h3-16,19-20H,2,17-18H2,1H3,(H,30,31,33). The van der Waals surface area contributed by atoms with E-state index in [0.29, 0.717) is 18.0 Å². The Labute approximate surface area is 199 Å². The summed E-state index contributed by atoms with van der Waals surface area (Å²) in [5, 5.41) is 2.87. The number of ketones is 1. The SMILES string of the molecule is CCOc1ccc(C(=O)CCC(=O)Nc2cc(-c3ccccc3)cc(-c3ccccc3)n2)cc1. The largest absolute Gasteiger partial charge is 0.494 e. The lowest BCUT2D eigenvalue weighted by Crippen LogP contribution is -2.14. The molecular formula is C29H26N2O3. The normalized spacial score (nSPS) is 10.5. The number of amides is 1. The van der Waals surface area contributed by atoms with Crippen LogP contribution in [0.25, 0.3) is 22.4 Å². The maximum atomic E-state index is 12.7. The Hall–Kier alpha value is -4.25. The lowest BCUT2D eigenvalue weighted by atomic mass is 10.0. The van der Waals surface area contributed by atoms with E-state index >= 15 is 0 Å². The van der Waals surface area contributed by atoms with Crippen molar-refractivity contribution in [1.82, 2.24) is 4.98 Å². The van der Waals surface area contributed by atoms with E-state index in [1.807, 2.05) is 79.7 Å². The topological polar surface area (TPSA) is 68.3 Å². The molecule has 170 valence electrons. The number of rotatable bonds is 9. The van der Waals surface area contributed by atoms with Crippen molar-refractivity contribution >= 4 is 17.5 Å². The summed E-state index contributed by atoms with van der Waals surface area (Å²) in [5.74, 6) is 0.833. The van der Waals surface area contributed by atoms with Crippen LogP contribution >= 0.6 is 0 Å². The predicted molar refractivity (Wildman–Crippen MR) is 135 cm³/mol. The Morgan fingerprint density at radius 3 is 2.06 bits per heavy atom. The molecule has 4 rings (SSSR count). The minimum atomic E-state index is -0.254. The van der Waals surface area contributed by atoms with Gasteiger partial charge in [-0.1, -0.05) is 60.7 Å². The highest BCUT2D eigenvalue weighted by molar-refractivity contribution is 6.00. The maximum Gasteiger partial charge on any atom is 0.225 e. The summed E-state index contributed by atoms with van der Waals surface area (Å²) in [4.78, 5) is 29.8. The van der Waals surface area contributed by atoms with Crippen molar-refractivity contribution in [3.63, 3.8) is 0 Å². The summed E-state index contributed by atoms with van der Waals surface area (Å²) < 4.78 is 5.41. The number of pyridine rings is 1. The molecular weight excluding hydrogens is 424 g/mol. The number of ether oxygens (including phenoxy) is 1. The molecule has 1 amide bonds. The first kappa shape index (κ1) is 22.9. The highest BCUT2D eigenvalue weighted by Gasteiger charge is 2.12. The molecule has 0 fully saturated rings. The van der Waals surface area contributed by atoms with Crippen molar-refractivity contribution in [1.29, 1.82) is 0 Å². The average molecular weight is 451 g/mol. The van der Waals surface area contributed by atoms with Crippen molar-refractivity contribution in [2.75, 3.05) is 11.9 Å². The molecule has 0 atom stereocenters. The molecule has 1 aromatic heterocycles. The number of carbonyl (C=O) groups is 2. The van der Waals surface area contributed by atoms with E-state index in [0.717, 1.165) is 28.1 Å². The molecule has 5 heteroatoms. The Morgan fingerprint density at radius 1 is 0.765 bits per heavy atom. The van der Waals surface area contributed by atoms with Gasteiger partial charge in [0.1, 0.15) is 11.6 Å². The number of hydrogen-bond donors (Lipinski definition) is 1. The van der Waals surface area contributed by atoms with Crippen molar-refractivity contribution in [2.24, 2.45) is 0 Å². The van der Waals surface area contributed by atoms with Gasteiger partial charge < -0.3 is 10.1 Å². The van der Waals surface area contributed by atoms with E-state index in [4.69, 9.17) is 4.74 Å². The number of aromatic nitrogens is 1. The number of nitrogens with one attached hydrogen (secondary N) is 1. The Bertz CT molecular complexity index is 1200. The zero-order valence-electron chi connectivity index (χ0n) is 19.0. The minimum Gasteiger partial charge on any atom is -0.494 e. The van der Waals surface area contributed by atoms with Gasteiger partial charge in [0.2, 0.25) is 5.91 Å². The van der Waals surface area contributed by atoms with Gasteiger partial charge in [0.15, 0.2) is 5.78 Å². The first-order valence-corrected chi connectivity index (χ1v) is 11.3. The second kappa shape index (κ2) is 11.1. The second-order valence-electron chi connectivity index (χ2n) is 7.79. The van der Waals surface area contributed by atoms with Crippen LogP contribution in [0.3, 0.4) is 0 Å². The Morgan fingerprint density at radius 2 is 1.41 bits per heavy atom. The van der Waals surface area contributed by atoms with Gasteiger partial charge in [-0.15, -0.1) is 0 Å². The molecule has 4 aromatic rings. The molecule has 0 aliphatic rings. The van der Waals surface area contributed by atoms with Gasteiger partial charge in [-0.05, 0) is 54.4 Å². The summed E-state index contributed by atoms with van der Waals surface area (Å²) in [7, 11) is 0. The van der Waals surface area contributed by atoms with Crippen LogP contribution in [0.5, 0.6) is 5.75 Å². The fourth-order valence-corrected chi connectivity index (χ4v) is 3.63. The third kappa shape index (κ3) is 5.95. The number of anilines is 1. The van der Waals surface area contributed by atoms with Gasteiger partial charge in [-0.2, -0.15) is 0 Å². The number of benzene rings is 3. The van der Waals surface area contributed by atoms with Crippen LogP contribution in [0.2, 0.25) is 0 Å². The van der Waals surface area contributed by atoms with Gasteiger partial charge in [-0.3, -0.25) is 9.59 Å². The molecule has 0 spiro atoms. The van der Waals surface area contributed by atoms with Gasteiger partial charge in [0, 0.05) is 24.0 Å². The molecule has 0 aliphatic carbocycles. The Balaban J connectivity index is 1.47. The number of carbonyl (C=O) groups excluding carboxylic acids is 2. The zero-order valence-corrected chi connectivity index (χ0v) is 19.0. The number of nitrogens with zero attached hydrogens (tertiary/aromatic N) is 1. The van der Waals surface area contributed by atoms with Crippen LogP contribution in [0, 0.1) is 0 Å². The van der Waals surface area contributed by atoms with Gasteiger partial charge in [-0.25, -0.2) is 4.98 Å². The third-order valence-corrected chi connectivity index (χ3v) is 5.34. The summed E-state index contributed by atoms with van der Waals surface area (Å²) in [6.07, 6.45) is 0.188. The third-order valence-electron chi connectivity index (χ3n) is 5.34. The van der Waals surface area contributed by atoms with E-state index < -0.39 is 0 Å². The van der Waals surface area contributed by atoms with E-state index in [9.17, 15) is 9.59 Å². The fourth-order valence-electron chi connectivity index (χ4n) is 3.63. The summed E-state index contributed by atoms with van der Waals surface area (Å²) in [6.45, 7) is 2.48. The van der Waals surface area contributed by atoms with Crippen molar-refractivity contribution in [3.8, 4) is 28.1 Å². The predicted octanol–water partition coefficient (Wildman–Crippen LogP) is 6.42. The lowest BCUT2D eigenvalue weighted by Gasteiger charge is -2.11. The van der Waals surface area contributed by atoms with Crippen molar-refractivity contribution < 1.29 is 14.3 Å². The lowest BCUT2D eigenvalue weighted by molar-refractivity contribution is -0.116. The minimum absolute atomic E-state index is 0.0734. The summed E-state index contributed by atoms with van der Waals surface area (Å²) in [5.41, 5.74) is 4.27. The van der Waals surface area contributed by atoms with Crippen LogP contribution in [0.15, 0.2) is 97.1 Å². The van der Waals surface area contributed by atoms with E-state index in [2.05, 4.69) is 10.3 Å². The van der Waals surface area contributed by atoms with Gasteiger partial charge in [0.25, 0.3) is 0 Å². The van der Waals surface area contributed by atoms with E-state index in [1.54, 1.807) is 24.3 Å². The molecule has 0 saturated carbocycles. The molecule has 1 heterocycles. The molecule has 5 nitrogen and oxygen atoms in total. The van der Waals surface area contributed by atoms with Crippen LogP contribution in [-0.4, -0.2) is 23.3 Å². The average Bonchev–Trinajstić information content (AvgIpc) is 2.89. The highest BCUT2D eigenvalue weighted by atomic mass is 16.5. The van der Waals surface area contributed by atoms with Crippen LogP contribution < -0.4 is 10.1 Å². The van der Waals surface area contributed by atoms with Crippen molar-refractivity contribution in [3.05, 3.63) is 103 Å². The first-order valence-electron chi connectivity index (χ1n) is 11.3. The highest BCUT2D eigenvalue weighted by Crippen LogP contribution is 2.28. The zero-order chi connectivity index (χ0) is 23.8. The van der Waals surface area contributed by atoms with Gasteiger partial charge in [0.05, 0.1) is 12.3 Å². The van der Waals surface area contributed by atoms with Crippen LogP contribution in [-0.2, 0) is 4.79 Å². The molecule has 0 unspecified atom stereocenters. The smallest absolute Gasteiger partial charge is 0.225 e. The summed E-state index contributed by atoms with van der Waals surface area (Å²) >= 11 is 0. The summed E-state index contributed by atoms with van der Waals surface area (Å²) in [6, 6.07) is 30.6. The molecule has 0 saturated heterocycles. The van der Waals surface area contributed by atoms with Crippen molar-refractivity contribution in [2.45, 2.75) is 19.8 Å². The quantitative estimate of drug-likeness (QED) is 0.299. The first-order chi connectivity index (χ1) is 16.6. The molecule has 0 aliphatic heterocycles. The number of Topliss-reactive ketones (excluding diaryl/α,β-unsaturated/α-hetero) is 1. The number of hydrogen-bond acceptors (Lipinski definition) is 4. The second-order valence-corrected chi connectivity index (χ2v) is 7.79. The van der Waals surface area contributed by atoms with E-state index in [1.165, 1.54) is 0 Å². The van der Waals surface area contributed by atoms with Gasteiger partial charge >= 0.3 is 0 Å². The van der Waals surface area contributed by atoms with Crippen LogP contribution in [0.4, 0.5) is 5.82 Å².